The highest BCUT2D eigenvalue weighted by atomic mass is 35.5. The molecule has 4 rings (SSSR count). The van der Waals surface area contributed by atoms with E-state index in [1.807, 2.05) is 24.3 Å². The number of aromatic nitrogens is 2. The van der Waals surface area contributed by atoms with E-state index in [1.54, 1.807) is 36.3 Å². The highest BCUT2D eigenvalue weighted by Crippen LogP contribution is 2.34. The maximum absolute atomic E-state index is 12.7. The molecule has 2 amide bonds. The van der Waals surface area contributed by atoms with Crippen molar-refractivity contribution in [1.82, 2.24) is 15.0 Å². The lowest BCUT2D eigenvalue weighted by Gasteiger charge is -2.22. The maximum atomic E-state index is 12.7. The summed E-state index contributed by atoms with van der Waals surface area (Å²) in [4.78, 5) is 19.0. The van der Waals surface area contributed by atoms with Gasteiger partial charge in [0.2, 0.25) is 11.7 Å². The summed E-state index contributed by atoms with van der Waals surface area (Å²) in [6.07, 6.45) is 1.63. The van der Waals surface area contributed by atoms with Crippen molar-refractivity contribution in [3.8, 4) is 17.1 Å². The van der Waals surface area contributed by atoms with Crippen molar-refractivity contribution < 1.29 is 14.1 Å². The number of amides is 2. The number of carbonyl (C=O) groups is 1. The van der Waals surface area contributed by atoms with Crippen molar-refractivity contribution >= 4 is 23.3 Å². The average Bonchev–Trinajstić information content (AvgIpc) is 3.39. The fraction of sp³-hybridized carbons (Fsp3) is 0.250. The van der Waals surface area contributed by atoms with Crippen LogP contribution in [0.2, 0.25) is 5.02 Å². The molecule has 0 saturated carbocycles. The molecule has 1 fully saturated rings. The normalized spacial score (nSPS) is 16.2. The number of hydrogen-bond acceptors (Lipinski definition) is 5. The summed E-state index contributed by atoms with van der Waals surface area (Å²) in [6.45, 7) is 0.621. The molecule has 7 nitrogen and oxygen atoms in total. The monoisotopic (exact) mass is 398 g/mol. The number of rotatable bonds is 4. The smallest absolute Gasteiger partial charge is 0.322 e. The van der Waals surface area contributed by atoms with Crippen molar-refractivity contribution in [2.45, 2.75) is 18.9 Å². The highest BCUT2D eigenvalue weighted by molar-refractivity contribution is 6.30. The van der Waals surface area contributed by atoms with E-state index < -0.39 is 0 Å². The first-order chi connectivity index (χ1) is 13.7. The molecule has 144 valence electrons. The standard InChI is InChI=1S/C20H19ClN4O3/c1-27-17-7-3-2-5-15(17)18-23-19(28-24-18)16-6-4-12-25(16)20(26)22-14-10-8-13(21)9-11-14/h2-3,5,7-11,16H,4,6,12H2,1H3,(H,22,26)/t16-/m0/s1. The van der Waals surface area contributed by atoms with Crippen LogP contribution in [0.1, 0.15) is 24.8 Å². The van der Waals surface area contributed by atoms with Crippen LogP contribution in [-0.4, -0.2) is 34.7 Å². The van der Waals surface area contributed by atoms with Crippen LogP contribution in [-0.2, 0) is 0 Å². The third-order valence-corrected chi connectivity index (χ3v) is 4.94. The van der Waals surface area contributed by atoms with E-state index in [2.05, 4.69) is 15.5 Å². The van der Waals surface area contributed by atoms with Crippen molar-refractivity contribution in [2.75, 3.05) is 19.0 Å². The van der Waals surface area contributed by atoms with Crippen LogP contribution in [0.25, 0.3) is 11.4 Å². The second kappa shape index (κ2) is 7.90. The Balaban J connectivity index is 1.53. The molecule has 1 N–H and O–H groups in total. The van der Waals surface area contributed by atoms with E-state index in [0.717, 1.165) is 18.4 Å². The molecule has 0 unspecified atom stereocenters. The minimum absolute atomic E-state index is 0.207. The molecule has 28 heavy (non-hydrogen) atoms. The summed E-state index contributed by atoms with van der Waals surface area (Å²) in [5, 5.41) is 7.59. The lowest BCUT2D eigenvalue weighted by molar-refractivity contribution is 0.193. The van der Waals surface area contributed by atoms with Gasteiger partial charge in [-0.3, -0.25) is 0 Å². The van der Waals surface area contributed by atoms with E-state index in [0.29, 0.717) is 34.7 Å². The van der Waals surface area contributed by atoms with Crippen LogP contribution < -0.4 is 10.1 Å². The lowest BCUT2D eigenvalue weighted by Crippen LogP contribution is -2.34. The Morgan fingerprint density at radius 1 is 1.25 bits per heavy atom. The van der Waals surface area contributed by atoms with Gasteiger partial charge in [-0.1, -0.05) is 28.9 Å². The Morgan fingerprint density at radius 2 is 2.04 bits per heavy atom. The zero-order valence-corrected chi connectivity index (χ0v) is 16.0. The molecule has 1 atom stereocenters. The van der Waals surface area contributed by atoms with Crippen LogP contribution >= 0.6 is 11.6 Å². The molecule has 2 heterocycles. The van der Waals surface area contributed by atoms with Crippen LogP contribution in [0.3, 0.4) is 0 Å². The predicted octanol–water partition coefficient (Wildman–Crippen LogP) is 4.77. The van der Waals surface area contributed by atoms with Crippen LogP contribution in [0.15, 0.2) is 53.1 Å². The molecule has 1 aliphatic heterocycles. The van der Waals surface area contributed by atoms with Gasteiger partial charge in [0.05, 0.1) is 12.7 Å². The minimum Gasteiger partial charge on any atom is -0.496 e. The number of para-hydroxylation sites is 1. The number of likely N-dealkylation sites (tertiary alicyclic amines) is 1. The van der Waals surface area contributed by atoms with Gasteiger partial charge < -0.3 is 19.5 Å². The molecule has 1 aliphatic rings. The van der Waals surface area contributed by atoms with Gasteiger partial charge in [-0.25, -0.2) is 4.79 Å². The molecule has 2 aromatic carbocycles. The number of nitrogens with zero attached hydrogens (tertiary/aromatic N) is 3. The fourth-order valence-corrected chi connectivity index (χ4v) is 3.43. The predicted molar refractivity (Wildman–Crippen MR) is 105 cm³/mol. The Kier molecular flexibility index (Phi) is 5.16. The van der Waals surface area contributed by atoms with Crippen LogP contribution in [0, 0.1) is 0 Å². The van der Waals surface area contributed by atoms with Gasteiger partial charge in [-0.05, 0) is 49.2 Å². The minimum atomic E-state index is -0.261. The molecule has 1 saturated heterocycles. The zero-order valence-electron chi connectivity index (χ0n) is 15.3. The summed E-state index contributed by atoms with van der Waals surface area (Å²) >= 11 is 5.89. The van der Waals surface area contributed by atoms with E-state index in [9.17, 15) is 4.79 Å². The molecule has 1 aromatic heterocycles. The zero-order chi connectivity index (χ0) is 19.5. The SMILES string of the molecule is COc1ccccc1-c1noc([C@@H]2CCCN2C(=O)Nc2ccc(Cl)cc2)n1. The fourth-order valence-electron chi connectivity index (χ4n) is 3.30. The van der Waals surface area contributed by atoms with Gasteiger partial charge >= 0.3 is 6.03 Å². The number of urea groups is 1. The molecule has 0 spiro atoms. The number of anilines is 1. The first-order valence-corrected chi connectivity index (χ1v) is 9.33. The van der Waals surface area contributed by atoms with E-state index in [-0.39, 0.29) is 12.1 Å². The number of nitrogens with one attached hydrogen (secondary N) is 1. The van der Waals surface area contributed by atoms with Crippen LogP contribution in [0.5, 0.6) is 5.75 Å². The quantitative estimate of drug-likeness (QED) is 0.684. The van der Waals surface area contributed by atoms with Crippen molar-refractivity contribution in [3.63, 3.8) is 0 Å². The van der Waals surface area contributed by atoms with E-state index in [1.165, 1.54) is 0 Å². The molecule has 0 bridgehead atoms. The second-order valence-electron chi connectivity index (χ2n) is 6.44. The lowest BCUT2D eigenvalue weighted by atomic mass is 10.2. The Bertz CT molecular complexity index is 974. The molecule has 3 aromatic rings. The Hall–Kier alpha value is -3.06. The number of benzene rings is 2. The first kappa shape index (κ1) is 18.3. The number of ether oxygens (including phenoxy) is 1. The maximum Gasteiger partial charge on any atom is 0.322 e. The van der Waals surface area contributed by atoms with Gasteiger partial charge in [0.25, 0.3) is 0 Å². The van der Waals surface area contributed by atoms with Crippen LogP contribution in [0.4, 0.5) is 10.5 Å². The van der Waals surface area contributed by atoms with Crippen molar-refractivity contribution in [2.24, 2.45) is 0 Å². The highest BCUT2D eigenvalue weighted by Gasteiger charge is 2.34. The molecule has 8 heteroatoms. The number of hydrogen-bond donors (Lipinski definition) is 1. The molecular formula is C20H19ClN4O3. The summed E-state index contributed by atoms with van der Waals surface area (Å²) in [6, 6.07) is 14.0. The number of methoxy groups -OCH3 is 1. The van der Waals surface area contributed by atoms with E-state index >= 15 is 0 Å². The molecule has 0 aliphatic carbocycles. The summed E-state index contributed by atoms with van der Waals surface area (Å²) in [5.74, 6) is 1.53. The van der Waals surface area contributed by atoms with Crippen molar-refractivity contribution in [1.29, 1.82) is 0 Å². The van der Waals surface area contributed by atoms with Gasteiger partial charge in [-0.2, -0.15) is 4.98 Å². The second-order valence-corrected chi connectivity index (χ2v) is 6.88. The topological polar surface area (TPSA) is 80.5 Å². The third-order valence-electron chi connectivity index (χ3n) is 4.68. The van der Waals surface area contributed by atoms with Gasteiger partial charge in [0.1, 0.15) is 11.8 Å². The summed E-state index contributed by atoms with van der Waals surface area (Å²) in [7, 11) is 1.60. The summed E-state index contributed by atoms with van der Waals surface area (Å²) < 4.78 is 10.9. The number of carbonyl (C=O) groups excluding carboxylic acids is 1. The molecule has 0 radical (unpaired) electrons. The van der Waals surface area contributed by atoms with Gasteiger partial charge in [0, 0.05) is 17.3 Å². The average molecular weight is 399 g/mol. The summed E-state index contributed by atoms with van der Waals surface area (Å²) in [5.41, 5.74) is 1.43. The van der Waals surface area contributed by atoms with Gasteiger partial charge in [0.15, 0.2) is 0 Å². The third kappa shape index (κ3) is 3.66. The first-order valence-electron chi connectivity index (χ1n) is 8.96. The van der Waals surface area contributed by atoms with Crippen molar-refractivity contribution in [3.05, 3.63) is 59.4 Å². The number of halogens is 1. The van der Waals surface area contributed by atoms with Gasteiger partial charge in [-0.15, -0.1) is 0 Å². The van der Waals surface area contributed by atoms with E-state index in [4.69, 9.17) is 20.9 Å². The Morgan fingerprint density at radius 3 is 2.82 bits per heavy atom. The Labute approximate surface area is 167 Å². The molecular weight excluding hydrogens is 380 g/mol. The largest absolute Gasteiger partial charge is 0.496 e.